The topological polar surface area (TPSA) is 208 Å². The molecule has 0 bridgehead atoms. The molecule has 0 spiro atoms. The Morgan fingerprint density at radius 3 is 1.83 bits per heavy atom. The van der Waals surface area contributed by atoms with Crippen LogP contribution in [0.15, 0.2) is 48.8 Å². The summed E-state index contributed by atoms with van der Waals surface area (Å²) in [6.45, 7) is 6.33. The minimum absolute atomic E-state index is 0.130. The number of carbonyl (C=O) groups is 3. The molecule has 17 nitrogen and oxygen atoms in total. The normalized spacial score (nSPS) is 17.5. The van der Waals surface area contributed by atoms with Gasteiger partial charge in [0.1, 0.15) is 36.9 Å². The second-order valence-electron chi connectivity index (χ2n) is 15.2. The van der Waals surface area contributed by atoms with Crippen molar-refractivity contribution in [1.82, 2.24) is 35.1 Å². The van der Waals surface area contributed by atoms with Crippen LogP contribution in [-0.2, 0) is 28.5 Å². The Labute approximate surface area is 350 Å². The van der Waals surface area contributed by atoms with Gasteiger partial charge in [0, 0.05) is 45.5 Å². The fourth-order valence-corrected chi connectivity index (χ4v) is 7.84. The van der Waals surface area contributed by atoms with Crippen molar-refractivity contribution < 1.29 is 42.8 Å². The van der Waals surface area contributed by atoms with E-state index in [1.165, 1.54) is 14.2 Å². The van der Waals surface area contributed by atoms with Gasteiger partial charge in [0.05, 0.1) is 62.8 Å². The quantitative estimate of drug-likeness (QED) is 0.0935. The molecule has 0 saturated carbocycles. The van der Waals surface area contributed by atoms with Crippen LogP contribution in [0.3, 0.4) is 0 Å². The molecule has 17 heteroatoms. The summed E-state index contributed by atoms with van der Waals surface area (Å²) in [6, 6.07) is 10.0. The second kappa shape index (κ2) is 20.7. The third-order valence-electron chi connectivity index (χ3n) is 10.9. The van der Waals surface area contributed by atoms with E-state index in [0.717, 1.165) is 53.6 Å². The number of nitrogens with zero attached hydrogens (tertiary/aromatic N) is 4. The molecule has 2 aromatic heterocycles. The molecule has 0 aliphatic carbocycles. The van der Waals surface area contributed by atoms with Crippen molar-refractivity contribution in [2.45, 2.75) is 63.7 Å². The zero-order chi connectivity index (χ0) is 42.8. The number of alkyl carbamates (subject to hydrolysis) is 1. The number of benzene rings is 2. The fourth-order valence-electron chi connectivity index (χ4n) is 7.84. The molecule has 324 valence electrons. The van der Waals surface area contributed by atoms with Gasteiger partial charge in [-0.15, -0.1) is 0 Å². The molecule has 3 amide bonds. The molecule has 4 atom stereocenters. The van der Waals surface area contributed by atoms with Gasteiger partial charge in [0.25, 0.3) is 0 Å². The third kappa shape index (κ3) is 9.92. The van der Waals surface area contributed by atoms with Gasteiger partial charge in [-0.2, -0.15) is 0 Å². The first-order valence-corrected chi connectivity index (χ1v) is 20.4. The number of nitrogens with one attached hydrogen (secondary N) is 3. The second-order valence-corrected chi connectivity index (χ2v) is 15.2. The summed E-state index contributed by atoms with van der Waals surface area (Å²) in [5.74, 6) is 1.93. The van der Waals surface area contributed by atoms with E-state index in [2.05, 4.69) is 15.3 Å². The number of H-pyrrole nitrogens is 2. The Kier molecular flexibility index (Phi) is 15.2. The minimum atomic E-state index is -0.752. The van der Waals surface area contributed by atoms with Gasteiger partial charge in [0.2, 0.25) is 11.8 Å². The van der Waals surface area contributed by atoms with E-state index in [4.69, 9.17) is 44.1 Å². The zero-order valence-corrected chi connectivity index (χ0v) is 35.3. The van der Waals surface area contributed by atoms with Gasteiger partial charge >= 0.3 is 6.09 Å². The molecule has 4 heterocycles. The highest BCUT2D eigenvalue weighted by atomic mass is 16.6. The van der Waals surface area contributed by atoms with Gasteiger partial charge in [-0.3, -0.25) is 9.59 Å². The number of aromatic nitrogens is 4. The average Bonchev–Trinajstić information content (AvgIpc) is 4.10. The van der Waals surface area contributed by atoms with E-state index < -0.39 is 18.2 Å². The number of aromatic amines is 2. The standard InChI is InChI=1S/C43H58N8O9/c1-26(2)36(49-43(54)58-6)42(53)51-18-8-10-35(51)39-45-23-32(47-39)28-13-11-27(12-14-28)29-15-16-30(38(60-22-20-56-4)37(29)59-21-19-55-3)33-24-46-40(48-33)34-9-7-17-50(34)41(52)31(44)25-57-5/h11-16,23-24,26,31,34-36H,7-10,17-22,25,44H2,1-6H3,(H,45,47)(H,46,48)(H,49,54)/t31-,34-,35-,36-/m0/s1. The molecule has 0 radical (unpaired) electrons. The Balaban J connectivity index is 1.28. The minimum Gasteiger partial charge on any atom is -0.487 e. The van der Waals surface area contributed by atoms with Crippen LogP contribution in [0, 0.1) is 5.92 Å². The first-order valence-electron chi connectivity index (χ1n) is 20.4. The number of nitrogens with two attached hydrogens (primary N) is 1. The molecule has 2 fully saturated rings. The Morgan fingerprint density at radius 2 is 1.27 bits per heavy atom. The summed E-state index contributed by atoms with van der Waals surface area (Å²) in [5, 5.41) is 2.70. The molecule has 60 heavy (non-hydrogen) atoms. The number of carbonyl (C=O) groups excluding carboxylic acids is 3. The van der Waals surface area contributed by atoms with Crippen LogP contribution in [0.4, 0.5) is 4.79 Å². The lowest BCUT2D eigenvalue weighted by atomic mass is 9.98. The highest BCUT2D eigenvalue weighted by molar-refractivity contribution is 5.87. The van der Waals surface area contributed by atoms with Gasteiger partial charge in [-0.1, -0.05) is 38.1 Å². The molecule has 2 saturated heterocycles. The van der Waals surface area contributed by atoms with E-state index >= 15 is 0 Å². The number of imidazole rings is 2. The van der Waals surface area contributed by atoms with E-state index in [0.29, 0.717) is 55.1 Å². The highest BCUT2D eigenvalue weighted by Gasteiger charge is 2.38. The average molecular weight is 831 g/mol. The van der Waals surface area contributed by atoms with Crippen molar-refractivity contribution in [2.24, 2.45) is 11.7 Å². The van der Waals surface area contributed by atoms with E-state index in [1.54, 1.807) is 36.4 Å². The number of amides is 3. The predicted octanol–water partition coefficient (Wildman–Crippen LogP) is 4.87. The predicted molar refractivity (Wildman–Crippen MR) is 223 cm³/mol. The van der Waals surface area contributed by atoms with Crippen molar-refractivity contribution >= 4 is 17.9 Å². The zero-order valence-electron chi connectivity index (χ0n) is 35.3. The van der Waals surface area contributed by atoms with Crippen molar-refractivity contribution in [2.75, 3.05) is 74.6 Å². The number of methoxy groups -OCH3 is 4. The van der Waals surface area contributed by atoms with E-state index in [-0.39, 0.29) is 49.6 Å². The molecule has 2 aliphatic heterocycles. The molecular weight excluding hydrogens is 773 g/mol. The van der Waals surface area contributed by atoms with Gasteiger partial charge in [-0.05, 0) is 54.9 Å². The van der Waals surface area contributed by atoms with Crippen molar-refractivity contribution in [3.8, 4) is 45.1 Å². The maximum absolute atomic E-state index is 13.7. The number of ether oxygens (including phenoxy) is 6. The maximum atomic E-state index is 13.7. The lowest BCUT2D eigenvalue weighted by Gasteiger charge is -2.30. The van der Waals surface area contributed by atoms with Crippen molar-refractivity contribution in [3.63, 3.8) is 0 Å². The molecule has 4 aromatic rings. The largest absolute Gasteiger partial charge is 0.487 e. The molecule has 0 unspecified atom stereocenters. The fraction of sp³-hybridized carbons (Fsp3) is 0.512. The Morgan fingerprint density at radius 1 is 0.733 bits per heavy atom. The summed E-state index contributed by atoms with van der Waals surface area (Å²) in [6.07, 6.45) is 6.05. The molecular formula is C43H58N8O9. The van der Waals surface area contributed by atoms with Crippen molar-refractivity contribution in [3.05, 3.63) is 60.4 Å². The summed E-state index contributed by atoms with van der Waals surface area (Å²) >= 11 is 0. The lowest BCUT2D eigenvalue weighted by Crippen LogP contribution is -2.51. The van der Waals surface area contributed by atoms with Crippen LogP contribution < -0.4 is 20.5 Å². The summed E-state index contributed by atoms with van der Waals surface area (Å²) in [5.41, 5.74) is 11.0. The van der Waals surface area contributed by atoms with Crippen LogP contribution in [-0.4, -0.2) is 134 Å². The van der Waals surface area contributed by atoms with Crippen LogP contribution in [0.25, 0.3) is 33.6 Å². The van der Waals surface area contributed by atoms with Crippen LogP contribution in [0.1, 0.15) is 63.3 Å². The lowest BCUT2D eigenvalue weighted by molar-refractivity contribution is -0.136. The Hall–Kier alpha value is -5.49. The summed E-state index contributed by atoms with van der Waals surface area (Å²) < 4.78 is 33.5. The van der Waals surface area contributed by atoms with Crippen molar-refractivity contribution in [1.29, 1.82) is 0 Å². The first-order chi connectivity index (χ1) is 29.1. The number of hydrogen-bond acceptors (Lipinski definition) is 12. The smallest absolute Gasteiger partial charge is 0.407 e. The van der Waals surface area contributed by atoms with Crippen LogP contribution in [0.5, 0.6) is 11.5 Å². The molecule has 5 N–H and O–H groups in total. The van der Waals surface area contributed by atoms with Crippen LogP contribution >= 0.6 is 0 Å². The SMILES string of the molecule is COCCOc1c(-c2ccc(-c3cnc([C@@H]4CCCN4C(=O)[C@@H](NC(=O)OC)C(C)C)[nH]3)cc2)ccc(-c2cnc([C@@H]3CCCN3C(=O)[C@@H](N)COC)[nH]2)c1OCCOC. The van der Waals surface area contributed by atoms with Gasteiger partial charge in [0.15, 0.2) is 11.5 Å². The van der Waals surface area contributed by atoms with E-state index in [1.807, 2.05) is 50.2 Å². The molecule has 2 aromatic carbocycles. The van der Waals surface area contributed by atoms with Crippen LogP contribution in [0.2, 0.25) is 0 Å². The summed E-state index contributed by atoms with van der Waals surface area (Å²) in [4.78, 5) is 58.8. The number of rotatable bonds is 19. The Bertz CT molecular complexity index is 2050. The van der Waals surface area contributed by atoms with E-state index in [9.17, 15) is 14.4 Å². The molecule has 2 aliphatic rings. The maximum Gasteiger partial charge on any atom is 0.407 e. The number of likely N-dealkylation sites (tertiary alicyclic amines) is 2. The van der Waals surface area contributed by atoms with Gasteiger partial charge in [-0.25, -0.2) is 14.8 Å². The summed E-state index contributed by atoms with van der Waals surface area (Å²) in [7, 11) is 6.05. The first kappa shape index (κ1) is 44.1. The van der Waals surface area contributed by atoms with Gasteiger partial charge < -0.3 is 59.2 Å². The third-order valence-corrected chi connectivity index (χ3v) is 10.9. The molecule has 6 rings (SSSR count). The monoisotopic (exact) mass is 830 g/mol. The highest BCUT2D eigenvalue weighted by Crippen LogP contribution is 2.46. The number of hydrogen-bond donors (Lipinski definition) is 4.